The highest BCUT2D eigenvalue weighted by Gasteiger charge is 2.20. The molecule has 0 aliphatic carbocycles. The van der Waals surface area contributed by atoms with Gasteiger partial charge < -0.3 is 10.8 Å². The normalized spacial score (nSPS) is 20.7. The van der Waals surface area contributed by atoms with Crippen LogP contribution in [0.4, 0.5) is 0 Å². The van der Waals surface area contributed by atoms with E-state index in [1.54, 1.807) is 6.07 Å². The van der Waals surface area contributed by atoms with Crippen molar-refractivity contribution in [3.8, 4) is 0 Å². The molecule has 3 N–H and O–H groups in total. The van der Waals surface area contributed by atoms with Crippen LogP contribution in [0.3, 0.4) is 0 Å². The molecular formula is C13H18N2O2. The number of benzene rings is 1. The Labute approximate surface area is 101 Å². The third-order valence-corrected chi connectivity index (χ3v) is 3.27. The van der Waals surface area contributed by atoms with E-state index in [2.05, 4.69) is 4.90 Å². The lowest BCUT2D eigenvalue weighted by atomic mass is 10.0. The third kappa shape index (κ3) is 2.84. The van der Waals surface area contributed by atoms with E-state index in [4.69, 9.17) is 5.73 Å². The molecule has 0 unspecified atom stereocenters. The first-order valence-electron chi connectivity index (χ1n) is 5.86. The van der Waals surface area contributed by atoms with Crippen molar-refractivity contribution in [3.63, 3.8) is 0 Å². The van der Waals surface area contributed by atoms with Crippen molar-refractivity contribution < 1.29 is 9.90 Å². The number of aliphatic hydroxyl groups is 1. The summed E-state index contributed by atoms with van der Waals surface area (Å²) in [7, 11) is 0. The molecule has 1 aliphatic rings. The maximum atomic E-state index is 11.0. The van der Waals surface area contributed by atoms with Gasteiger partial charge in [-0.1, -0.05) is 6.07 Å². The number of amides is 1. The molecule has 1 aromatic rings. The van der Waals surface area contributed by atoms with Gasteiger partial charge in [0.25, 0.3) is 0 Å². The first-order valence-corrected chi connectivity index (χ1v) is 5.86. The van der Waals surface area contributed by atoms with Gasteiger partial charge in [-0.15, -0.1) is 0 Å². The number of hydrogen-bond acceptors (Lipinski definition) is 3. The molecule has 1 aliphatic heterocycles. The number of hydrogen-bond donors (Lipinski definition) is 2. The summed E-state index contributed by atoms with van der Waals surface area (Å²) in [6, 6.07) is 5.53. The van der Waals surface area contributed by atoms with Crippen LogP contribution in [0.25, 0.3) is 0 Å². The molecule has 0 bridgehead atoms. The molecule has 1 aromatic carbocycles. The fourth-order valence-electron chi connectivity index (χ4n) is 2.22. The molecule has 0 aromatic heterocycles. The molecule has 4 heteroatoms. The maximum Gasteiger partial charge on any atom is 0.248 e. The van der Waals surface area contributed by atoms with Crippen LogP contribution in [0.2, 0.25) is 0 Å². The summed E-state index contributed by atoms with van der Waals surface area (Å²) in [4.78, 5) is 13.2. The highest BCUT2D eigenvalue weighted by Crippen LogP contribution is 2.17. The fourth-order valence-corrected chi connectivity index (χ4v) is 2.22. The molecule has 0 radical (unpaired) electrons. The summed E-state index contributed by atoms with van der Waals surface area (Å²) in [5.41, 5.74) is 8.04. The van der Waals surface area contributed by atoms with Crippen LogP contribution in [-0.4, -0.2) is 35.1 Å². The highest BCUT2D eigenvalue weighted by atomic mass is 16.3. The van der Waals surface area contributed by atoms with Crippen LogP contribution in [0.1, 0.15) is 27.9 Å². The predicted octanol–water partition coefficient (Wildman–Crippen LogP) is 0.661. The second-order valence-electron chi connectivity index (χ2n) is 4.68. The number of primary amides is 1. The Morgan fingerprint density at radius 1 is 1.59 bits per heavy atom. The molecule has 92 valence electrons. The number of rotatable bonds is 3. The summed E-state index contributed by atoms with van der Waals surface area (Å²) in [5, 5.41) is 9.46. The van der Waals surface area contributed by atoms with Crippen molar-refractivity contribution >= 4 is 5.91 Å². The van der Waals surface area contributed by atoms with Crippen LogP contribution >= 0.6 is 0 Å². The van der Waals surface area contributed by atoms with E-state index in [1.807, 2.05) is 19.1 Å². The number of aliphatic hydroxyl groups excluding tert-OH is 1. The molecule has 1 fully saturated rings. The van der Waals surface area contributed by atoms with Crippen LogP contribution in [-0.2, 0) is 6.54 Å². The second kappa shape index (κ2) is 4.85. The molecular weight excluding hydrogens is 216 g/mol. The average Bonchev–Trinajstić information content (AvgIpc) is 2.67. The summed E-state index contributed by atoms with van der Waals surface area (Å²) in [6.45, 7) is 4.46. The number of β-amino-alcohol motifs (C(OH)–C–C–N with tert-alkyl or cyclic N) is 1. The first kappa shape index (κ1) is 12.1. The Balaban J connectivity index is 2.09. The Kier molecular flexibility index (Phi) is 3.45. The monoisotopic (exact) mass is 234 g/mol. The maximum absolute atomic E-state index is 11.0. The van der Waals surface area contributed by atoms with Gasteiger partial charge >= 0.3 is 0 Å². The summed E-state index contributed by atoms with van der Waals surface area (Å²) < 4.78 is 0. The zero-order chi connectivity index (χ0) is 12.4. The van der Waals surface area contributed by atoms with Crippen molar-refractivity contribution in [1.29, 1.82) is 0 Å². The van der Waals surface area contributed by atoms with Crippen molar-refractivity contribution in [2.24, 2.45) is 5.73 Å². The SMILES string of the molecule is Cc1cc(C(N)=O)ccc1CN1CC[C@@H](O)C1. The molecule has 1 atom stereocenters. The number of carbonyl (C=O) groups is 1. The van der Waals surface area contributed by atoms with Crippen LogP contribution in [0.15, 0.2) is 18.2 Å². The Bertz CT molecular complexity index is 431. The van der Waals surface area contributed by atoms with E-state index in [9.17, 15) is 9.90 Å². The van der Waals surface area contributed by atoms with E-state index in [-0.39, 0.29) is 6.10 Å². The van der Waals surface area contributed by atoms with Gasteiger partial charge in [-0.25, -0.2) is 0 Å². The largest absolute Gasteiger partial charge is 0.392 e. The highest BCUT2D eigenvalue weighted by molar-refractivity contribution is 5.93. The molecule has 4 nitrogen and oxygen atoms in total. The van der Waals surface area contributed by atoms with Gasteiger partial charge in [0.2, 0.25) is 5.91 Å². The number of nitrogens with zero attached hydrogens (tertiary/aromatic N) is 1. The van der Waals surface area contributed by atoms with Gasteiger partial charge in [-0.05, 0) is 36.6 Å². The third-order valence-electron chi connectivity index (χ3n) is 3.27. The predicted molar refractivity (Wildman–Crippen MR) is 65.6 cm³/mol. The number of nitrogens with two attached hydrogens (primary N) is 1. The van der Waals surface area contributed by atoms with Crippen molar-refractivity contribution in [3.05, 3.63) is 34.9 Å². The lowest BCUT2D eigenvalue weighted by molar-refractivity contribution is 0.1000. The van der Waals surface area contributed by atoms with E-state index in [0.29, 0.717) is 5.56 Å². The lowest BCUT2D eigenvalue weighted by Crippen LogP contribution is -2.22. The quantitative estimate of drug-likeness (QED) is 0.807. The van der Waals surface area contributed by atoms with E-state index in [0.717, 1.165) is 31.6 Å². The van der Waals surface area contributed by atoms with Gasteiger partial charge in [0.15, 0.2) is 0 Å². The molecule has 0 spiro atoms. The topological polar surface area (TPSA) is 66.6 Å². The average molecular weight is 234 g/mol. The van der Waals surface area contributed by atoms with Crippen LogP contribution in [0, 0.1) is 6.92 Å². The standard InChI is InChI=1S/C13H18N2O2/c1-9-6-10(13(14)17)2-3-11(9)7-15-5-4-12(16)8-15/h2-3,6,12,16H,4-5,7-8H2,1H3,(H2,14,17)/t12-/m1/s1. The molecule has 1 heterocycles. The molecule has 1 saturated heterocycles. The number of carbonyl (C=O) groups excluding carboxylic acids is 1. The molecule has 0 saturated carbocycles. The lowest BCUT2D eigenvalue weighted by Gasteiger charge is -2.16. The van der Waals surface area contributed by atoms with E-state index in [1.165, 1.54) is 5.56 Å². The molecule has 1 amide bonds. The zero-order valence-electron chi connectivity index (χ0n) is 10.0. The summed E-state index contributed by atoms with van der Waals surface area (Å²) >= 11 is 0. The smallest absolute Gasteiger partial charge is 0.248 e. The van der Waals surface area contributed by atoms with Crippen LogP contribution < -0.4 is 5.73 Å². The number of aryl methyl sites for hydroxylation is 1. The molecule has 17 heavy (non-hydrogen) atoms. The summed E-state index contributed by atoms with van der Waals surface area (Å²) in [5.74, 6) is -0.392. The van der Waals surface area contributed by atoms with Gasteiger partial charge in [0, 0.05) is 25.2 Å². The second-order valence-corrected chi connectivity index (χ2v) is 4.68. The van der Waals surface area contributed by atoms with Gasteiger partial charge in [0.05, 0.1) is 6.10 Å². The van der Waals surface area contributed by atoms with Gasteiger partial charge in [0.1, 0.15) is 0 Å². The first-order chi connectivity index (χ1) is 8.06. The Morgan fingerprint density at radius 2 is 2.35 bits per heavy atom. The Morgan fingerprint density at radius 3 is 2.88 bits per heavy atom. The fraction of sp³-hybridized carbons (Fsp3) is 0.462. The number of likely N-dealkylation sites (tertiary alicyclic amines) is 1. The van der Waals surface area contributed by atoms with E-state index >= 15 is 0 Å². The zero-order valence-corrected chi connectivity index (χ0v) is 10.0. The van der Waals surface area contributed by atoms with Crippen molar-refractivity contribution in [2.45, 2.75) is 26.0 Å². The van der Waals surface area contributed by atoms with Crippen LogP contribution in [0.5, 0.6) is 0 Å². The minimum Gasteiger partial charge on any atom is -0.392 e. The minimum absolute atomic E-state index is 0.194. The Hall–Kier alpha value is -1.39. The summed E-state index contributed by atoms with van der Waals surface area (Å²) in [6.07, 6.45) is 0.651. The van der Waals surface area contributed by atoms with Crippen molar-refractivity contribution in [2.75, 3.05) is 13.1 Å². The van der Waals surface area contributed by atoms with Crippen molar-refractivity contribution in [1.82, 2.24) is 4.90 Å². The van der Waals surface area contributed by atoms with E-state index < -0.39 is 5.91 Å². The van der Waals surface area contributed by atoms with Gasteiger partial charge in [-0.3, -0.25) is 9.69 Å². The van der Waals surface area contributed by atoms with Gasteiger partial charge in [-0.2, -0.15) is 0 Å². The molecule has 2 rings (SSSR count). The minimum atomic E-state index is -0.392.